The standard InChI is InChI=1S/C17H18ClN3S/c18-13-8-6-12(7-9-13)15-16(19-14-4-2-1-3-5-14)21-10-11-22-17(21)20-15/h6-11,14,19H,1-5H2. The second-order valence-corrected chi connectivity index (χ2v) is 7.16. The number of aromatic nitrogens is 2. The highest BCUT2D eigenvalue weighted by Gasteiger charge is 2.19. The summed E-state index contributed by atoms with van der Waals surface area (Å²) in [6, 6.07) is 8.49. The minimum absolute atomic E-state index is 0.555. The Bertz CT molecular complexity index is 769. The summed E-state index contributed by atoms with van der Waals surface area (Å²) in [6.45, 7) is 0. The Morgan fingerprint density at radius 1 is 1.14 bits per heavy atom. The molecule has 1 aliphatic rings. The second kappa shape index (κ2) is 5.94. The third-order valence-electron chi connectivity index (χ3n) is 4.33. The predicted octanol–water partition coefficient (Wildman–Crippen LogP) is 5.46. The van der Waals surface area contributed by atoms with Gasteiger partial charge in [0.25, 0.3) is 0 Å². The molecular formula is C17H18ClN3S. The first-order chi connectivity index (χ1) is 10.8. The monoisotopic (exact) mass is 331 g/mol. The lowest BCUT2D eigenvalue weighted by Crippen LogP contribution is -2.23. The maximum atomic E-state index is 6.01. The Morgan fingerprint density at radius 3 is 2.68 bits per heavy atom. The third kappa shape index (κ3) is 2.61. The summed E-state index contributed by atoms with van der Waals surface area (Å²) in [6.07, 6.45) is 8.59. The first-order valence-corrected chi connectivity index (χ1v) is 9.05. The van der Waals surface area contributed by atoms with Crippen molar-refractivity contribution in [1.82, 2.24) is 9.38 Å². The first kappa shape index (κ1) is 14.1. The van der Waals surface area contributed by atoms with Gasteiger partial charge in [0.1, 0.15) is 11.5 Å². The van der Waals surface area contributed by atoms with Gasteiger partial charge in [0.15, 0.2) is 4.96 Å². The van der Waals surface area contributed by atoms with Crippen molar-refractivity contribution >= 4 is 33.7 Å². The first-order valence-electron chi connectivity index (χ1n) is 7.79. The molecule has 0 spiro atoms. The van der Waals surface area contributed by atoms with Crippen molar-refractivity contribution in [2.24, 2.45) is 0 Å². The average Bonchev–Trinajstić information content (AvgIpc) is 3.12. The van der Waals surface area contributed by atoms with Gasteiger partial charge >= 0.3 is 0 Å². The van der Waals surface area contributed by atoms with E-state index in [1.54, 1.807) is 11.3 Å². The molecule has 1 N–H and O–H groups in total. The van der Waals surface area contributed by atoms with Crippen LogP contribution in [-0.4, -0.2) is 15.4 Å². The number of rotatable bonds is 3. The van der Waals surface area contributed by atoms with Crippen LogP contribution in [0, 0.1) is 0 Å². The van der Waals surface area contributed by atoms with E-state index in [2.05, 4.69) is 21.3 Å². The van der Waals surface area contributed by atoms with Crippen LogP contribution in [0.2, 0.25) is 5.02 Å². The lowest BCUT2D eigenvalue weighted by atomic mass is 9.95. The molecule has 3 aromatic rings. The number of nitrogens with one attached hydrogen (secondary N) is 1. The zero-order chi connectivity index (χ0) is 14.9. The number of imidazole rings is 1. The normalized spacial score (nSPS) is 16.2. The highest BCUT2D eigenvalue weighted by Crippen LogP contribution is 2.33. The molecule has 2 aromatic heterocycles. The maximum Gasteiger partial charge on any atom is 0.195 e. The molecule has 0 radical (unpaired) electrons. The van der Waals surface area contributed by atoms with Gasteiger partial charge in [-0.05, 0) is 25.0 Å². The summed E-state index contributed by atoms with van der Waals surface area (Å²) >= 11 is 7.68. The van der Waals surface area contributed by atoms with Crippen LogP contribution in [0.25, 0.3) is 16.2 Å². The molecule has 4 rings (SSSR count). The molecule has 0 atom stereocenters. The summed E-state index contributed by atoms with van der Waals surface area (Å²) in [5.74, 6) is 1.12. The van der Waals surface area contributed by atoms with E-state index in [-0.39, 0.29) is 0 Å². The van der Waals surface area contributed by atoms with Crippen LogP contribution in [0.1, 0.15) is 32.1 Å². The Hall–Kier alpha value is -1.52. The highest BCUT2D eigenvalue weighted by atomic mass is 35.5. The number of nitrogens with zero attached hydrogens (tertiary/aromatic N) is 2. The molecule has 1 aliphatic carbocycles. The number of halogens is 1. The predicted molar refractivity (Wildman–Crippen MR) is 94.0 cm³/mol. The van der Waals surface area contributed by atoms with E-state index in [9.17, 15) is 0 Å². The van der Waals surface area contributed by atoms with Crippen molar-refractivity contribution < 1.29 is 0 Å². The Labute approximate surface area is 139 Å². The van der Waals surface area contributed by atoms with Crippen LogP contribution < -0.4 is 5.32 Å². The summed E-state index contributed by atoms with van der Waals surface area (Å²) in [5, 5.41) is 6.59. The number of hydrogen-bond acceptors (Lipinski definition) is 3. The summed E-state index contributed by atoms with van der Waals surface area (Å²) in [5.41, 5.74) is 2.13. The molecule has 0 aliphatic heterocycles. The van der Waals surface area contributed by atoms with Gasteiger partial charge in [-0.25, -0.2) is 4.98 Å². The SMILES string of the molecule is Clc1ccc(-c2nc3sccn3c2NC2CCCCC2)cc1. The van der Waals surface area contributed by atoms with Crippen molar-refractivity contribution in [2.75, 3.05) is 5.32 Å². The Kier molecular flexibility index (Phi) is 3.80. The van der Waals surface area contributed by atoms with Gasteiger partial charge in [-0.1, -0.05) is 43.0 Å². The van der Waals surface area contributed by atoms with E-state index < -0.39 is 0 Å². The topological polar surface area (TPSA) is 29.3 Å². The van der Waals surface area contributed by atoms with Crippen molar-refractivity contribution in [2.45, 2.75) is 38.1 Å². The van der Waals surface area contributed by atoms with Crippen molar-refractivity contribution in [1.29, 1.82) is 0 Å². The fourth-order valence-corrected chi connectivity index (χ4v) is 4.01. The zero-order valence-corrected chi connectivity index (χ0v) is 13.8. The van der Waals surface area contributed by atoms with Crippen molar-refractivity contribution in [3.63, 3.8) is 0 Å². The Balaban J connectivity index is 1.75. The minimum atomic E-state index is 0.555. The van der Waals surface area contributed by atoms with Crippen LogP contribution in [0.3, 0.4) is 0 Å². The molecule has 0 bridgehead atoms. The molecule has 1 aromatic carbocycles. The van der Waals surface area contributed by atoms with Gasteiger partial charge in [-0.15, -0.1) is 11.3 Å². The number of fused-ring (bicyclic) bond motifs is 1. The zero-order valence-electron chi connectivity index (χ0n) is 12.3. The molecule has 0 amide bonds. The number of benzene rings is 1. The highest BCUT2D eigenvalue weighted by molar-refractivity contribution is 7.15. The third-order valence-corrected chi connectivity index (χ3v) is 5.33. The number of thiazole rings is 1. The average molecular weight is 332 g/mol. The van der Waals surface area contributed by atoms with Gasteiger partial charge in [-0.3, -0.25) is 4.40 Å². The maximum absolute atomic E-state index is 6.01. The van der Waals surface area contributed by atoms with Crippen LogP contribution in [0.15, 0.2) is 35.8 Å². The van der Waals surface area contributed by atoms with Crippen LogP contribution >= 0.6 is 22.9 Å². The van der Waals surface area contributed by atoms with E-state index in [1.807, 2.05) is 24.3 Å². The van der Waals surface area contributed by atoms with E-state index in [1.165, 1.54) is 32.1 Å². The molecule has 2 heterocycles. The molecular weight excluding hydrogens is 314 g/mol. The van der Waals surface area contributed by atoms with E-state index in [0.717, 1.165) is 27.1 Å². The van der Waals surface area contributed by atoms with Gasteiger partial charge in [0.05, 0.1) is 0 Å². The van der Waals surface area contributed by atoms with E-state index in [0.29, 0.717) is 6.04 Å². The summed E-state index contributed by atoms with van der Waals surface area (Å²) < 4.78 is 2.17. The van der Waals surface area contributed by atoms with Gasteiger partial charge in [-0.2, -0.15) is 0 Å². The Morgan fingerprint density at radius 2 is 1.91 bits per heavy atom. The van der Waals surface area contributed by atoms with Gasteiger partial charge < -0.3 is 5.32 Å². The van der Waals surface area contributed by atoms with Crippen LogP contribution in [-0.2, 0) is 0 Å². The molecule has 1 saturated carbocycles. The van der Waals surface area contributed by atoms with Crippen molar-refractivity contribution in [3.05, 3.63) is 40.9 Å². The molecule has 114 valence electrons. The molecule has 3 nitrogen and oxygen atoms in total. The number of anilines is 1. The van der Waals surface area contributed by atoms with Crippen molar-refractivity contribution in [3.8, 4) is 11.3 Å². The van der Waals surface area contributed by atoms with Crippen LogP contribution in [0.5, 0.6) is 0 Å². The van der Waals surface area contributed by atoms with E-state index in [4.69, 9.17) is 16.6 Å². The second-order valence-electron chi connectivity index (χ2n) is 5.85. The van der Waals surface area contributed by atoms with Gasteiger partial charge in [0, 0.05) is 28.2 Å². The lowest BCUT2D eigenvalue weighted by molar-refractivity contribution is 0.462. The molecule has 0 unspecified atom stereocenters. The molecule has 1 fully saturated rings. The fourth-order valence-electron chi connectivity index (χ4n) is 3.17. The lowest BCUT2D eigenvalue weighted by Gasteiger charge is -2.24. The summed E-state index contributed by atoms with van der Waals surface area (Å²) in [7, 11) is 0. The van der Waals surface area contributed by atoms with Crippen LogP contribution in [0.4, 0.5) is 5.82 Å². The summed E-state index contributed by atoms with van der Waals surface area (Å²) in [4.78, 5) is 5.84. The molecule has 5 heteroatoms. The number of hydrogen-bond donors (Lipinski definition) is 1. The van der Waals surface area contributed by atoms with Gasteiger partial charge in [0.2, 0.25) is 0 Å². The molecule has 22 heavy (non-hydrogen) atoms. The quantitative estimate of drug-likeness (QED) is 0.690. The largest absolute Gasteiger partial charge is 0.367 e. The molecule has 0 saturated heterocycles. The van der Waals surface area contributed by atoms with E-state index >= 15 is 0 Å². The smallest absolute Gasteiger partial charge is 0.195 e. The minimum Gasteiger partial charge on any atom is -0.367 e. The fraction of sp³-hybridized carbons (Fsp3) is 0.353.